The smallest absolute Gasteiger partial charge is 0.281 e. The Morgan fingerprint density at radius 1 is 1.15 bits per heavy atom. The van der Waals surface area contributed by atoms with Crippen LogP contribution in [-0.2, 0) is 19.8 Å². The second kappa shape index (κ2) is 7.75. The van der Waals surface area contributed by atoms with Gasteiger partial charge in [-0.15, -0.1) is 0 Å². The monoisotopic (exact) mass is 414 g/mol. The first-order chi connectivity index (χ1) is 12.7. The van der Waals surface area contributed by atoms with Gasteiger partial charge in [0.05, 0.1) is 16.6 Å². The lowest BCUT2D eigenvalue weighted by molar-refractivity contribution is -0.137. The number of hydrogen-bond donors (Lipinski definition) is 0. The summed E-state index contributed by atoms with van der Waals surface area (Å²) in [5, 5.41) is 0.474. The van der Waals surface area contributed by atoms with Gasteiger partial charge in [-0.1, -0.05) is 23.7 Å². The van der Waals surface area contributed by atoms with Gasteiger partial charge in [-0.25, -0.2) is 0 Å². The van der Waals surface area contributed by atoms with Crippen molar-refractivity contribution in [2.24, 2.45) is 5.92 Å². The van der Waals surface area contributed by atoms with Crippen molar-refractivity contribution in [2.45, 2.75) is 6.42 Å². The number of piperazine rings is 1. The van der Waals surface area contributed by atoms with Crippen molar-refractivity contribution in [3.05, 3.63) is 29.3 Å². The van der Waals surface area contributed by atoms with E-state index in [0.29, 0.717) is 23.8 Å². The fourth-order valence-corrected chi connectivity index (χ4v) is 4.73. The molecular weight excluding hydrogens is 392 g/mol. The van der Waals surface area contributed by atoms with Crippen LogP contribution in [0.4, 0.5) is 5.69 Å². The number of benzene rings is 1. The molecule has 27 heavy (non-hydrogen) atoms. The fraction of sp³-hybridized carbons (Fsp3) is 0.529. The topological polar surface area (TPSA) is 81.2 Å². The highest BCUT2D eigenvalue weighted by molar-refractivity contribution is 7.86. The third-order valence-corrected chi connectivity index (χ3v) is 7.22. The Morgan fingerprint density at radius 3 is 2.37 bits per heavy atom. The average Bonchev–Trinajstić information content (AvgIpc) is 3.03. The fourth-order valence-electron chi connectivity index (χ4n) is 3.40. The lowest BCUT2D eigenvalue weighted by atomic mass is 10.1. The van der Waals surface area contributed by atoms with Crippen LogP contribution in [0, 0.1) is 5.92 Å². The van der Waals surface area contributed by atoms with E-state index in [1.807, 2.05) is 0 Å². The third kappa shape index (κ3) is 3.96. The zero-order valence-corrected chi connectivity index (χ0v) is 16.9. The molecule has 1 unspecified atom stereocenters. The number of para-hydroxylation sites is 1. The van der Waals surface area contributed by atoms with E-state index < -0.39 is 16.1 Å². The van der Waals surface area contributed by atoms with Gasteiger partial charge in [0, 0.05) is 53.2 Å². The normalized spacial score (nSPS) is 21.9. The highest BCUT2D eigenvalue weighted by Crippen LogP contribution is 2.31. The molecule has 0 spiro atoms. The molecule has 8 nitrogen and oxygen atoms in total. The van der Waals surface area contributed by atoms with Crippen LogP contribution in [0.2, 0.25) is 5.02 Å². The van der Waals surface area contributed by atoms with Crippen molar-refractivity contribution in [3.8, 4) is 0 Å². The third-order valence-electron chi connectivity index (χ3n) is 4.96. The zero-order valence-electron chi connectivity index (χ0n) is 15.3. The quantitative estimate of drug-likeness (QED) is 0.724. The summed E-state index contributed by atoms with van der Waals surface area (Å²) in [5.74, 6) is -0.680. The van der Waals surface area contributed by atoms with Gasteiger partial charge in [-0.3, -0.25) is 9.59 Å². The van der Waals surface area contributed by atoms with Crippen LogP contribution in [0.15, 0.2) is 24.3 Å². The van der Waals surface area contributed by atoms with Crippen molar-refractivity contribution in [2.75, 3.05) is 51.7 Å². The van der Waals surface area contributed by atoms with Crippen molar-refractivity contribution < 1.29 is 18.0 Å². The van der Waals surface area contributed by atoms with E-state index in [1.165, 1.54) is 22.7 Å². The Bertz CT molecular complexity index is 837. The van der Waals surface area contributed by atoms with Crippen LogP contribution in [0.25, 0.3) is 0 Å². The van der Waals surface area contributed by atoms with E-state index in [9.17, 15) is 18.0 Å². The summed E-state index contributed by atoms with van der Waals surface area (Å²) in [6.45, 7) is 1.44. The Balaban J connectivity index is 1.63. The molecule has 0 radical (unpaired) electrons. The van der Waals surface area contributed by atoms with Gasteiger partial charge in [0.1, 0.15) is 0 Å². The van der Waals surface area contributed by atoms with Crippen LogP contribution in [-0.4, -0.2) is 80.6 Å². The molecule has 2 aliphatic heterocycles. The number of halogens is 1. The minimum atomic E-state index is -3.47. The molecule has 2 aliphatic rings. The van der Waals surface area contributed by atoms with Gasteiger partial charge in [0.15, 0.2) is 0 Å². The Kier molecular flexibility index (Phi) is 5.76. The van der Waals surface area contributed by atoms with E-state index in [4.69, 9.17) is 11.6 Å². The van der Waals surface area contributed by atoms with Crippen LogP contribution in [0.5, 0.6) is 0 Å². The van der Waals surface area contributed by atoms with Gasteiger partial charge in [-0.2, -0.15) is 17.0 Å². The summed E-state index contributed by atoms with van der Waals surface area (Å²) in [4.78, 5) is 28.4. The summed E-state index contributed by atoms with van der Waals surface area (Å²) >= 11 is 6.17. The highest BCUT2D eigenvalue weighted by atomic mass is 35.5. The van der Waals surface area contributed by atoms with Crippen LogP contribution in [0.3, 0.4) is 0 Å². The molecule has 0 saturated carbocycles. The molecule has 10 heteroatoms. The zero-order chi connectivity index (χ0) is 19.8. The highest BCUT2D eigenvalue weighted by Gasteiger charge is 2.39. The van der Waals surface area contributed by atoms with Crippen LogP contribution >= 0.6 is 11.6 Å². The Labute approximate surface area is 164 Å². The lowest BCUT2D eigenvalue weighted by Gasteiger charge is -2.36. The van der Waals surface area contributed by atoms with Gasteiger partial charge >= 0.3 is 0 Å². The van der Waals surface area contributed by atoms with E-state index in [2.05, 4.69) is 0 Å². The minimum Gasteiger partial charge on any atom is -0.340 e. The predicted octanol–water partition coefficient (Wildman–Crippen LogP) is 0.644. The molecule has 0 aromatic heterocycles. The maximum absolute atomic E-state index is 12.8. The summed E-state index contributed by atoms with van der Waals surface area (Å²) in [7, 11) is -0.502. The second-order valence-electron chi connectivity index (χ2n) is 6.87. The molecule has 1 aromatic rings. The molecule has 2 amide bonds. The SMILES string of the molecule is CN(C)S(=O)(=O)N1CCN(C(=O)C2CC(=O)N(c3ccccc3Cl)C2)CC1. The molecular formula is C17H23ClN4O4S. The molecule has 1 aromatic carbocycles. The lowest BCUT2D eigenvalue weighted by Crippen LogP contribution is -2.54. The molecule has 2 saturated heterocycles. The summed E-state index contributed by atoms with van der Waals surface area (Å²) in [6, 6.07) is 7.06. The van der Waals surface area contributed by atoms with E-state index in [1.54, 1.807) is 34.1 Å². The van der Waals surface area contributed by atoms with E-state index in [-0.39, 0.29) is 37.9 Å². The number of anilines is 1. The van der Waals surface area contributed by atoms with Gasteiger partial charge < -0.3 is 9.80 Å². The van der Waals surface area contributed by atoms with Gasteiger partial charge in [-0.05, 0) is 12.1 Å². The predicted molar refractivity (Wildman–Crippen MR) is 103 cm³/mol. The largest absolute Gasteiger partial charge is 0.340 e. The number of hydrogen-bond acceptors (Lipinski definition) is 4. The van der Waals surface area contributed by atoms with Gasteiger partial charge in [0.25, 0.3) is 10.2 Å². The first-order valence-corrected chi connectivity index (χ1v) is 10.5. The van der Waals surface area contributed by atoms with E-state index >= 15 is 0 Å². The molecule has 1 atom stereocenters. The molecule has 148 valence electrons. The molecule has 2 fully saturated rings. The summed E-state index contributed by atoms with van der Waals surface area (Å²) in [5.41, 5.74) is 0.612. The molecule has 0 N–H and O–H groups in total. The Hall–Kier alpha value is -1.68. The second-order valence-corrected chi connectivity index (χ2v) is 9.42. The average molecular weight is 415 g/mol. The van der Waals surface area contributed by atoms with Crippen LogP contribution < -0.4 is 4.90 Å². The minimum absolute atomic E-state index is 0.111. The van der Waals surface area contributed by atoms with Crippen molar-refractivity contribution in [1.29, 1.82) is 0 Å². The molecule has 0 bridgehead atoms. The number of amides is 2. The van der Waals surface area contributed by atoms with E-state index in [0.717, 1.165) is 0 Å². The van der Waals surface area contributed by atoms with Crippen molar-refractivity contribution >= 4 is 39.3 Å². The first kappa shape index (κ1) is 20.1. The first-order valence-electron chi connectivity index (χ1n) is 8.73. The number of carbonyl (C=O) groups excluding carboxylic acids is 2. The standard InChI is InChI=1S/C17H23ClN4O4S/c1-19(2)27(25,26)21-9-7-20(8-10-21)17(24)13-11-16(23)22(12-13)15-6-4-3-5-14(15)18/h3-6,13H,7-12H2,1-2H3. The number of rotatable bonds is 4. The molecule has 3 rings (SSSR count). The van der Waals surface area contributed by atoms with Crippen molar-refractivity contribution in [3.63, 3.8) is 0 Å². The number of carbonyl (C=O) groups is 2. The maximum atomic E-state index is 12.8. The van der Waals surface area contributed by atoms with Crippen molar-refractivity contribution in [1.82, 2.24) is 13.5 Å². The maximum Gasteiger partial charge on any atom is 0.281 e. The molecule has 2 heterocycles. The summed E-state index contributed by atoms with van der Waals surface area (Å²) in [6.07, 6.45) is 0.139. The molecule has 0 aliphatic carbocycles. The van der Waals surface area contributed by atoms with Gasteiger partial charge in [0.2, 0.25) is 11.8 Å². The Morgan fingerprint density at radius 2 is 1.78 bits per heavy atom. The number of nitrogens with zero attached hydrogens (tertiary/aromatic N) is 4. The van der Waals surface area contributed by atoms with Crippen LogP contribution in [0.1, 0.15) is 6.42 Å². The summed E-state index contributed by atoms with van der Waals surface area (Å²) < 4.78 is 26.9.